The summed E-state index contributed by atoms with van der Waals surface area (Å²) in [5, 5.41) is 0. The molecule has 1 atom stereocenters. The van der Waals surface area contributed by atoms with Gasteiger partial charge in [0, 0.05) is 19.3 Å². The van der Waals surface area contributed by atoms with Gasteiger partial charge in [-0.1, -0.05) is 6.92 Å². The summed E-state index contributed by atoms with van der Waals surface area (Å²) >= 11 is 0. The van der Waals surface area contributed by atoms with Crippen molar-refractivity contribution < 1.29 is 14.4 Å². The molecular formula is C15H17N3O3. The third kappa shape index (κ3) is 2.41. The van der Waals surface area contributed by atoms with Crippen LogP contribution in [0, 0.1) is 5.92 Å². The van der Waals surface area contributed by atoms with Gasteiger partial charge in [0.25, 0.3) is 11.8 Å². The molecule has 0 aliphatic carbocycles. The molecule has 1 saturated heterocycles. The highest BCUT2D eigenvalue weighted by Crippen LogP contribution is 2.21. The van der Waals surface area contributed by atoms with Crippen LogP contribution in [0.4, 0.5) is 0 Å². The van der Waals surface area contributed by atoms with E-state index >= 15 is 0 Å². The van der Waals surface area contributed by atoms with E-state index < -0.39 is 11.8 Å². The summed E-state index contributed by atoms with van der Waals surface area (Å²) < 4.78 is 0. The van der Waals surface area contributed by atoms with Crippen molar-refractivity contribution in [1.82, 2.24) is 14.8 Å². The Morgan fingerprint density at radius 2 is 2.19 bits per heavy atom. The van der Waals surface area contributed by atoms with Crippen molar-refractivity contribution in [3.8, 4) is 0 Å². The van der Waals surface area contributed by atoms with E-state index in [-0.39, 0.29) is 23.7 Å². The van der Waals surface area contributed by atoms with E-state index in [2.05, 4.69) is 11.9 Å². The van der Waals surface area contributed by atoms with Gasteiger partial charge >= 0.3 is 0 Å². The van der Waals surface area contributed by atoms with Gasteiger partial charge < -0.3 is 4.90 Å². The first-order chi connectivity index (χ1) is 10.1. The van der Waals surface area contributed by atoms with Gasteiger partial charge in [-0.3, -0.25) is 24.3 Å². The first-order valence-electron chi connectivity index (χ1n) is 7.17. The van der Waals surface area contributed by atoms with E-state index in [4.69, 9.17) is 0 Å². The Bertz CT molecular complexity index is 579. The molecule has 0 N–H and O–H groups in total. The topological polar surface area (TPSA) is 70.6 Å². The number of imide groups is 1. The fourth-order valence-electron chi connectivity index (χ4n) is 2.91. The minimum absolute atomic E-state index is 0.141. The molecule has 0 radical (unpaired) electrons. The van der Waals surface area contributed by atoms with Crippen LogP contribution in [0.15, 0.2) is 18.3 Å². The molecule has 6 heteroatoms. The highest BCUT2D eigenvalue weighted by molar-refractivity contribution is 6.21. The molecule has 3 heterocycles. The number of aromatic nitrogens is 1. The molecule has 0 spiro atoms. The molecule has 21 heavy (non-hydrogen) atoms. The molecule has 2 aliphatic heterocycles. The second-order valence-corrected chi connectivity index (χ2v) is 5.68. The maximum absolute atomic E-state index is 12.3. The first-order valence-corrected chi connectivity index (χ1v) is 7.17. The monoisotopic (exact) mass is 287 g/mol. The second-order valence-electron chi connectivity index (χ2n) is 5.68. The Labute approximate surface area is 122 Å². The number of pyridine rings is 1. The van der Waals surface area contributed by atoms with E-state index in [0.717, 1.165) is 17.7 Å². The quantitative estimate of drug-likeness (QED) is 0.759. The van der Waals surface area contributed by atoms with E-state index in [0.29, 0.717) is 19.0 Å². The fraction of sp³-hybridized carbons (Fsp3) is 0.467. The maximum Gasteiger partial charge on any atom is 0.280 e. The standard InChI is InChI=1S/C15H17N3O3/c1-10-4-3-7-17(8-10)12(19)9-18-14(20)11-5-2-6-16-13(11)15(18)21/h2,5-6,10H,3-4,7-9H2,1H3. The Morgan fingerprint density at radius 3 is 2.90 bits per heavy atom. The summed E-state index contributed by atoms with van der Waals surface area (Å²) in [6.07, 6.45) is 3.55. The third-order valence-electron chi connectivity index (χ3n) is 4.03. The van der Waals surface area contributed by atoms with Gasteiger partial charge in [0.1, 0.15) is 12.2 Å². The summed E-state index contributed by atoms with van der Waals surface area (Å²) in [7, 11) is 0. The molecule has 0 bridgehead atoms. The van der Waals surface area contributed by atoms with Crippen LogP contribution >= 0.6 is 0 Å². The highest BCUT2D eigenvalue weighted by Gasteiger charge is 2.38. The van der Waals surface area contributed by atoms with Gasteiger partial charge in [0.05, 0.1) is 5.56 Å². The Balaban J connectivity index is 1.73. The van der Waals surface area contributed by atoms with E-state index in [1.165, 1.54) is 6.20 Å². The Morgan fingerprint density at radius 1 is 1.38 bits per heavy atom. The smallest absolute Gasteiger partial charge is 0.280 e. The predicted molar refractivity (Wildman–Crippen MR) is 74.6 cm³/mol. The lowest BCUT2D eigenvalue weighted by Gasteiger charge is -2.31. The zero-order chi connectivity index (χ0) is 15.0. The average Bonchev–Trinajstić information content (AvgIpc) is 2.73. The molecule has 6 nitrogen and oxygen atoms in total. The number of hydrogen-bond acceptors (Lipinski definition) is 4. The molecule has 0 aromatic carbocycles. The summed E-state index contributed by atoms with van der Waals surface area (Å²) in [4.78, 5) is 43.3. The van der Waals surface area contributed by atoms with Crippen molar-refractivity contribution in [3.63, 3.8) is 0 Å². The molecule has 0 saturated carbocycles. The molecule has 3 amide bonds. The fourth-order valence-corrected chi connectivity index (χ4v) is 2.91. The number of nitrogens with zero attached hydrogens (tertiary/aromatic N) is 3. The lowest BCUT2D eigenvalue weighted by molar-refractivity contribution is -0.133. The summed E-state index contributed by atoms with van der Waals surface area (Å²) in [5.41, 5.74) is 0.421. The van der Waals surface area contributed by atoms with Crippen LogP contribution < -0.4 is 0 Å². The van der Waals surface area contributed by atoms with Crippen LogP contribution in [0.3, 0.4) is 0 Å². The van der Waals surface area contributed by atoms with Gasteiger partial charge in [-0.2, -0.15) is 0 Å². The van der Waals surface area contributed by atoms with Crippen LogP contribution in [-0.4, -0.2) is 52.1 Å². The van der Waals surface area contributed by atoms with Gasteiger partial charge in [0.2, 0.25) is 5.91 Å². The van der Waals surface area contributed by atoms with Gasteiger partial charge in [-0.05, 0) is 30.9 Å². The minimum Gasteiger partial charge on any atom is -0.341 e. The van der Waals surface area contributed by atoms with Crippen LogP contribution in [0.2, 0.25) is 0 Å². The predicted octanol–water partition coefficient (Wildman–Crippen LogP) is 0.936. The molecule has 1 fully saturated rings. The number of carbonyl (C=O) groups is 3. The molecule has 2 aliphatic rings. The molecular weight excluding hydrogens is 270 g/mol. The van der Waals surface area contributed by atoms with Crippen molar-refractivity contribution in [2.75, 3.05) is 19.6 Å². The average molecular weight is 287 g/mol. The number of hydrogen-bond donors (Lipinski definition) is 0. The summed E-state index contributed by atoms with van der Waals surface area (Å²) in [6.45, 7) is 3.30. The van der Waals surface area contributed by atoms with Crippen LogP contribution in [-0.2, 0) is 4.79 Å². The minimum atomic E-state index is -0.478. The zero-order valence-electron chi connectivity index (χ0n) is 11.9. The highest BCUT2D eigenvalue weighted by atomic mass is 16.2. The number of amides is 3. The Kier molecular flexibility index (Phi) is 3.45. The normalized spacial score (nSPS) is 21.7. The van der Waals surface area contributed by atoms with Crippen LogP contribution in [0.25, 0.3) is 0 Å². The van der Waals surface area contributed by atoms with Crippen molar-refractivity contribution in [3.05, 3.63) is 29.6 Å². The molecule has 1 unspecified atom stereocenters. The maximum atomic E-state index is 12.3. The van der Waals surface area contributed by atoms with Gasteiger partial charge in [-0.25, -0.2) is 0 Å². The van der Waals surface area contributed by atoms with Gasteiger partial charge in [-0.15, -0.1) is 0 Å². The SMILES string of the molecule is CC1CCCN(C(=O)CN2C(=O)c3cccnc3C2=O)C1. The molecule has 3 rings (SSSR count). The lowest BCUT2D eigenvalue weighted by Crippen LogP contribution is -2.46. The van der Waals surface area contributed by atoms with E-state index in [9.17, 15) is 14.4 Å². The third-order valence-corrected chi connectivity index (χ3v) is 4.03. The van der Waals surface area contributed by atoms with E-state index in [1.807, 2.05) is 0 Å². The Hall–Kier alpha value is -2.24. The number of fused-ring (bicyclic) bond motifs is 1. The van der Waals surface area contributed by atoms with Crippen molar-refractivity contribution in [1.29, 1.82) is 0 Å². The van der Waals surface area contributed by atoms with Crippen molar-refractivity contribution in [2.24, 2.45) is 5.92 Å². The number of carbonyl (C=O) groups excluding carboxylic acids is 3. The van der Waals surface area contributed by atoms with Crippen molar-refractivity contribution >= 4 is 17.7 Å². The second kappa shape index (κ2) is 5.27. The first kappa shape index (κ1) is 13.7. The van der Waals surface area contributed by atoms with Crippen LogP contribution in [0.1, 0.15) is 40.6 Å². The van der Waals surface area contributed by atoms with Crippen LogP contribution in [0.5, 0.6) is 0 Å². The van der Waals surface area contributed by atoms with Gasteiger partial charge in [0.15, 0.2) is 0 Å². The lowest BCUT2D eigenvalue weighted by atomic mass is 10.0. The molecule has 1 aromatic rings. The van der Waals surface area contributed by atoms with E-state index in [1.54, 1.807) is 17.0 Å². The molecule has 1 aromatic heterocycles. The summed E-state index contributed by atoms with van der Waals surface area (Å²) in [5.74, 6) is -0.613. The molecule has 110 valence electrons. The number of likely N-dealkylation sites (tertiary alicyclic amines) is 1. The number of piperidine rings is 1. The van der Waals surface area contributed by atoms with Crippen molar-refractivity contribution in [2.45, 2.75) is 19.8 Å². The zero-order valence-corrected chi connectivity index (χ0v) is 11.9. The summed E-state index contributed by atoms with van der Waals surface area (Å²) in [6, 6.07) is 3.18. The largest absolute Gasteiger partial charge is 0.341 e. The number of rotatable bonds is 2.